The molecule has 2 saturated carbocycles. The molecule has 200 valence electrons. The van der Waals surface area contributed by atoms with Crippen LogP contribution in [0.1, 0.15) is 98.8 Å². The number of rotatable bonds is 11. The molecule has 0 heterocycles. The highest BCUT2D eigenvalue weighted by molar-refractivity contribution is 5.79. The van der Waals surface area contributed by atoms with Crippen LogP contribution in [0.3, 0.4) is 0 Å². The highest BCUT2D eigenvalue weighted by Gasteiger charge is 2.34. The first-order valence-electron chi connectivity index (χ1n) is 13.3. The molecule has 8 heteroatoms. The van der Waals surface area contributed by atoms with Gasteiger partial charge < -0.3 is 18.9 Å². The van der Waals surface area contributed by atoms with E-state index in [0.717, 1.165) is 6.42 Å². The third-order valence-corrected chi connectivity index (χ3v) is 7.56. The molecular formula is C27H44O8. The van der Waals surface area contributed by atoms with E-state index in [1.165, 1.54) is 0 Å². The number of hydrogen-bond donors (Lipinski definition) is 0. The fourth-order valence-electron chi connectivity index (χ4n) is 4.24. The van der Waals surface area contributed by atoms with Gasteiger partial charge in [0.2, 0.25) is 0 Å². The van der Waals surface area contributed by atoms with Crippen molar-refractivity contribution in [1.82, 2.24) is 0 Å². The average Bonchev–Trinajstić information content (AvgIpc) is 2.86. The molecule has 0 aliphatic heterocycles. The molecule has 0 saturated heterocycles. The zero-order chi connectivity index (χ0) is 26.0. The lowest BCUT2D eigenvalue weighted by atomic mass is 9.82. The van der Waals surface area contributed by atoms with Crippen molar-refractivity contribution in [2.75, 3.05) is 13.2 Å². The molecule has 2 rings (SSSR count). The second kappa shape index (κ2) is 13.8. The Hall–Kier alpha value is -2.12. The van der Waals surface area contributed by atoms with Gasteiger partial charge in [0.25, 0.3) is 0 Å². The van der Waals surface area contributed by atoms with Crippen molar-refractivity contribution in [2.45, 2.75) is 111 Å². The highest BCUT2D eigenvalue weighted by Crippen LogP contribution is 2.32. The van der Waals surface area contributed by atoms with Crippen molar-refractivity contribution in [3.63, 3.8) is 0 Å². The lowest BCUT2D eigenvalue weighted by Gasteiger charge is -2.31. The van der Waals surface area contributed by atoms with Crippen molar-refractivity contribution in [1.29, 1.82) is 0 Å². The Morgan fingerprint density at radius 2 is 1.29 bits per heavy atom. The van der Waals surface area contributed by atoms with Crippen molar-refractivity contribution >= 4 is 23.9 Å². The van der Waals surface area contributed by atoms with Gasteiger partial charge in [0, 0.05) is 0 Å². The van der Waals surface area contributed by atoms with Gasteiger partial charge in [-0.05, 0) is 77.6 Å². The molecule has 1 unspecified atom stereocenters. The summed E-state index contributed by atoms with van der Waals surface area (Å²) in [6.07, 6.45) is 6.21. The zero-order valence-electron chi connectivity index (χ0n) is 22.1. The van der Waals surface area contributed by atoms with E-state index in [1.54, 1.807) is 13.8 Å². The Bertz CT molecular complexity index is 715. The van der Waals surface area contributed by atoms with Crippen LogP contribution < -0.4 is 0 Å². The number of carbonyl (C=O) groups excluding carboxylic acids is 4. The molecule has 0 aromatic heterocycles. The first-order valence-corrected chi connectivity index (χ1v) is 13.3. The molecule has 0 aromatic rings. The van der Waals surface area contributed by atoms with Gasteiger partial charge in [-0.2, -0.15) is 0 Å². The smallest absolute Gasteiger partial charge is 0.344 e. The summed E-state index contributed by atoms with van der Waals surface area (Å²) >= 11 is 0. The van der Waals surface area contributed by atoms with Crippen LogP contribution >= 0.6 is 0 Å². The highest BCUT2D eigenvalue weighted by atomic mass is 16.6. The van der Waals surface area contributed by atoms with Gasteiger partial charge in [0.05, 0.1) is 23.9 Å². The first kappa shape index (κ1) is 29.1. The number of hydrogen-bond acceptors (Lipinski definition) is 8. The molecule has 2 fully saturated rings. The molecule has 35 heavy (non-hydrogen) atoms. The van der Waals surface area contributed by atoms with Crippen LogP contribution in [0, 0.1) is 23.2 Å². The predicted molar refractivity (Wildman–Crippen MR) is 129 cm³/mol. The van der Waals surface area contributed by atoms with Gasteiger partial charge in [-0.1, -0.05) is 27.2 Å². The molecule has 0 aromatic carbocycles. The van der Waals surface area contributed by atoms with Crippen LogP contribution in [0.25, 0.3) is 0 Å². The summed E-state index contributed by atoms with van der Waals surface area (Å²) in [6, 6.07) is 0. The third kappa shape index (κ3) is 9.45. The Balaban J connectivity index is 1.63. The van der Waals surface area contributed by atoms with Crippen LogP contribution in [-0.4, -0.2) is 49.3 Å². The molecule has 1 atom stereocenters. The summed E-state index contributed by atoms with van der Waals surface area (Å²) in [5, 5.41) is 0. The van der Waals surface area contributed by atoms with Gasteiger partial charge in [0.1, 0.15) is 12.2 Å². The second-order valence-electron chi connectivity index (χ2n) is 10.8. The van der Waals surface area contributed by atoms with E-state index in [1.807, 2.05) is 6.92 Å². The molecule has 0 amide bonds. The average molecular weight is 497 g/mol. The fourth-order valence-corrected chi connectivity index (χ4v) is 4.24. The van der Waals surface area contributed by atoms with Crippen LogP contribution in [0.2, 0.25) is 0 Å². The first-order chi connectivity index (χ1) is 16.6. The SMILES string of the molecule is CCC(C)COC(=O)C1CCC(C(=O)OC2CCC(OC(=O)COC(=O)C(C)(C)CC)CC2)CC1. The van der Waals surface area contributed by atoms with Gasteiger partial charge in [-0.3, -0.25) is 14.4 Å². The summed E-state index contributed by atoms with van der Waals surface area (Å²) in [7, 11) is 0. The maximum absolute atomic E-state index is 12.6. The standard InChI is InChI=1S/C27H44O8/c1-6-18(3)16-32-24(29)19-8-10-20(11-9-19)25(30)35-22-14-12-21(13-15-22)34-23(28)17-33-26(31)27(4,5)7-2/h18-22H,6-17H2,1-5H3. The van der Waals surface area contributed by atoms with Gasteiger partial charge >= 0.3 is 23.9 Å². The lowest BCUT2D eigenvalue weighted by Crippen LogP contribution is -2.34. The van der Waals surface area contributed by atoms with Crippen LogP contribution in [0.5, 0.6) is 0 Å². The summed E-state index contributed by atoms with van der Waals surface area (Å²) < 4.78 is 21.7. The lowest BCUT2D eigenvalue weighted by molar-refractivity contribution is -0.170. The van der Waals surface area contributed by atoms with E-state index in [9.17, 15) is 19.2 Å². The molecule has 0 radical (unpaired) electrons. The Kier molecular flexibility index (Phi) is 11.5. The van der Waals surface area contributed by atoms with Crippen molar-refractivity contribution in [3.05, 3.63) is 0 Å². The summed E-state index contributed by atoms with van der Waals surface area (Å²) in [5.74, 6) is -1.24. The minimum absolute atomic E-state index is 0.124. The Morgan fingerprint density at radius 3 is 1.80 bits per heavy atom. The van der Waals surface area contributed by atoms with Crippen molar-refractivity contribution in [2.24, 2.45) is 23.2 Å². The van der Waals surface area contributed by atoms with E-state index in [2.05, 4.69) is 13.8 Å². The number of esters is 4. The van der Waals surface area contributed by atoms with E-state index in [4.69, 9.17) is 18.9 Å². The molecule has 0 bridgehead atoms. The normalized spacial score (nSPS) is 25.7. The van der Waals surface area contributed by atoms with Crippen LogP contribution in [-0.2, 0) is 38.1 Å². The zero-order valence-corrected chi connectivity index (χ0v) is 22.1. The van der Waals surface area contributed by atoms with Crippen molar-refractivity contribution < 1.29 is 38.1 Å². The maximum Gasteiger partial charge on any atom is 0.344 e. The Morgan fingerprint density at radius 1 is 0.771 bits per heavy atom. The fraction of sp³-hybridized carbons (Fsp3) is 0.852. The molecule has 0 N–H and O–H groups in total. The molecule has 2 aliphatic rings. The minimum Gasteiger partial charge on any atom is -0.465 e. The van der Waals surface area contributed by atoms with Gasteiger partial charge in [-0.15, -0.1) is 0 Å². The molecular weight excluding hydrogens is 452 g/mol. The number of ether oxygens (including phenoxy) is 4. The van der Waals surface area contributed by atoms with E-state index >= 15 is 0 Å². The number of carbonyl (C=O) groups is 4. The second-order valence-corrected chi connectivity index (χ2v) is 10.8. The summed E-state index contributed by atoms with van der Waals surface area (Å²) in [5.41, 5.74) is -0.627. The molecule has 2 aliphatic carbocycles. The Labute approximate surface area is 209 Å². The van der Waals surface area contributed by atoms with E-state index in [-0.39, 0.29) is 42.6 Å². The summed E-state index contributed by atoms with van der Waals surface area (Å²) in [6.45, 7) is 9.64. The largest absolute Gasteiger partial charge is 0.465 e. The molecule has 0 spiro atoms. The summed E-state index contributed by atoms with van der Waals surface area (Å²) in [4.78, 5) is 48.9. The quantitative estimate of drug-likeness (QED) is 0.298. The van der Waals surface area contributed by atoms with E-state index in [0.29, 0.717) is 70.3 Å². The monoisotopic (exact) mass is 496 g/mol. The van der Waals surface area contributed by atoms with Crippen LogP contribution in [0.15, 0.2) is 0 Å². The van der Waals surface area contributed by atoms with E-state index < -0.39 is 17.4 Å². The topological polar surface area (TPSA) is 105 Å². The maximum atomic E-state index is 12.6. The molecule has 8 nitrogen and oxygen atoms in total. The predicted octanol–water partition coefficient (Wildman–Crippen LogP) is 4.76. The van der Waals surface area contributed by atoms with Gasteiger partial charge in [-0.25, -0.2) is 4.79 Å². The third-order valence-electron chi connectivity index (χ3n) is 7.56. The minimum atomic E-state index is -0.627. The van der Waals surface area contributed by atoms with Crippen molar-refractivity contribution in [3.8, 4) is 0 Å². The van der Waals surface area contributed by atoms with Crippen LogP contribution in [0.4, 0.5) is 0 Å². The van der Waals surface area contributed by atoms with Gasteiger partial charge in [0.15, 0.2) is 6.61 Å².